The third-order valence-electron chi connectivity index (χ3n) is 5.54. The SMILES string of the molecule is CCc1ccc([C@H](NCC(=O)Nc2ccc(N3CCOCC3)cc2)c2cccs2)cc1. The van der Waals surface area contributed by atoms with Gasteiger partial charge in [-0.1, -0.05) is 37.3 Å². The van der Waals surface area contributed by atoms with Crippen molar-refractivity contribution < 1.29 is 9.53 Å². The van der Waals surface area contributed by atoms with E-state index in [1.54, 1.807) is 11.3 Å². The molecule has 4 rings (SSSR count). The second-order valence-corrected chi connectivity index (χ2v) is 8.60. The number of anilines is 2. The Morgan fingerprint density at radius 2 is 1.81 bits per heavy atom. The number of benzene rings is 2. The molecule has 0 spiro atoms. The van der Waals surface area contributed by atoms with Crippen LogP contribution in [0.4, 0.5) is 11.4 Å². The van der Waals surface area contributed by atoms with Crippen LogP contribution in [-0.2, 0) is 16.0 Å². The highest BCUT2D eigenvalue weighted by atomic mass is 32.1. The highest BCUT2D eigenvalue weighted by Crippen LogP contribution is 2.26. The van der Waals surface area contributed by atoms with E-state index < -0.39 is 0 Å². The number of aryl methyl sites for hydroxylation is 1. The van der Waals surface area contributed by atoms with Gasteiger partial charge >= 0.3 is 0 Å². The molecule has 3 aromatic rings. The molecule has 1 fully saturated rings. The van der Waals surface area contributed by atoms with Gasteiger partial charge in [0.25, 0.3) is 0 Å². The van der Waals surface area contributed by atoms with Crippen LogP contribution >= 0.6 is 11.3 Å². The Morgan fingerprint density at radius 1 is 1.06 bits per heavy atom. The number of carbonyl (C=O) groups is 1. The standard InChI is InChI=1S/C25H29N3O2S/c1-2-19-5-7-20(8-6-19)25(23-4-3-17-31-23)26-18-24(29)27-21-9-11-22(12-10-21)28-13-15-30-16-14-28/h3-12,17,25-26H,2,13-16,18H2,1H3,(H,27,29)/t25-/m0/s1. The van der Waals surface area contributed by atoms with Gasteiger partial charge in [0.1, 0.15) is 0 Å². The number of morpholine rings is 1. The zero-order chi connectivity index (χ0) is 21.5. The molecule has 2 N–H and O–H groups in total. The van der Waals surface area contributed by atoms with E-state index >= 15 is 0 Å². The van der Waals surface area contributed by atoms with Gasteiger partial charge in [0.15, 0.2) is 0 Å². The highest BCUT2D eigenvalue weighted by Gasteiger charge is 2.16. The molecule has 0 unspecified atom stereocenters. The topological polar surface area (TPSA) is 53.6 Å². The quantitative estimate of drug-likeness (QED) is 0.548. The minimum absolute atomic E-state index is 0.000326. The third kappa shape index (κ3) is 5.73. The Balaban J connectivity index is 1.36. The van der Waals surface area contributed by atoms with Gasteiger partial charge in [0.05, 0.1) is 25.8 Å². The molecule has 0 saturated carbocycles. The fraction of sp³-hybridized carbons (Fsp3) is 0.320. The van der Waals surface area contributed by atoms with Crippen molar-refractivity contribution in [1.82, 2.24) is 5.32 Å². The van der Waals surface area contributed by atoms with E-state index in [1.165, 1.54) is 16.0 Å². The lowest BCUT2D eigenvalue weighted by Crippen LogP contribution is -2.36. The predicted molar refractivity (Wildman–Crippen MR) is 128 cm³/mol. The van der Waals surface area contributed by atoms with Gasteiger partial charge in [-0.15, -0.1) is 11.3 Å². The van der Waals surface area contributed by atoms with Crippen molar-refractivity contribution in [3.8, 4) is 0 Å². The number of rotatable bonds is 8. The lowest BCUT2D eigenvalue weighted by molar-refractivity contribution is -0.115. The summed E-state index contributed by atoms with van der Waals surface area (Å²) in [6, 6.07) is 20.8. The molecule has 1 aliphatic rings. The lowest BCUT2D eigenvalue weighted by atomic mass is 10.0. The molecule has 1 amide bonds. The summed E-state index contributed by atoms with van der Waals surface area (Å²) in [5.74, 6) is -0.0501. The van der Waals surface area contributed by atoms with Crippen LogP contribution < -0.4 is 15.5 Å². The van der Waals surface area contributed by atoms with Crippen molar-refractivity contribution in [2.24, 2.45) is 0 Å². The molecule has 0 aliphatic carbocycles. The molecule has 162 valence electrons. The first kappa shape index (κ1) is 21.6. The van der Waals surface area contributed by atoms with Gasteiger partial charge in [-0.3, -0.25) is 10.1 Å². The fourth-order valence-electron chi connectivity index (χ4n) is 3.76. The van der Waals surface area contributed by atoms with Crippen molar-refractivity contribution in [1.29, 1.82) is 0 Å². The zero-order valence-corrected chi connectivity index (χ0v) is 18.7. The van der Waals surface area contributed by atoms with Crippen LogP contribution in [0.2, 0.25) is 0 Å². The number of ether oxygens (including phenoxy) is 1. The maximum absolute atomic E-state index is 12.6. The first-order chi connectivity index (χ1) is 15.2. The van der Waals surface area contributed by atoms with E-state index in [0.717, 1.165) is 44.1 Å². The van der Waals surface area contributed by atoms with Gasteiger partial charge < -0.3 is 15.0 Å². The second-order valence-electron chi connectivity index (χ2n) is 7.62. The summed E-state index contributed by atoms with van der Waals surface area (Å²) in [6.45, 7) is 5.72. The number of hydrogen-bond donors (Lipinski definition) is 2. The largest absolute Gasteiger partial charge is 0.378 e. The number of nitrogens with one attached hydrogen (secondary N) is 2. The molecule has 1 aliphatic heterocycles. The molecule has 1 atom stereocenters. The first-order valence-corrected chi connectivity index (χ1v) is 11.7. The Bertz CT molecular complexity index is 949. The van der Waals surface area contributed by atoms with E-state index in [9.17, 15) is 4.79 Å². The Kier molecular flexibility index (Phi) is 7.35. The van der Waals surface area contributed by atoms with Crippen LogP contribution in [-0.4, -0.2) is 38.8 Å². The predicted octanol–water partition coefficient (Wildman–Crippen LogP) is 4.46. The number of amides is 1. The van der Waals surface area contributed by atoms with Crippen LogP contribution in [0.3, 0.4) is 0 Å². The van der Waals surface area contributed by atoms with Crippen molar-refractivity contribution in [2.45, 2.75) is 19.4 Å². The maximum atomic E-state index is 12.6. The van der Waals surface area contributed by atoms with E-state index in [-0.39, 0.29) is 18.5 Å². The van der Waals surface area contributed by atoms with Crippen molar-refractivity contribution in [3.63, 3.8) is 0 Å². The maximum Gasteiger partial charge on any atom is 0.238 e. The summed E-state index contributed by atoms with van der Waals surface area (Å²) in [6.07, 6.45) is 1.02. The average Bonchev–Trinajstić information content (AvgIpc) is 3.35. The van der Waals surface area contributed by atoms with Crippen LogP contribution in [0.1, 0.15) is 29.0 Å². The van der Waals surface area contributed by atoms with Crippen molar-refractivity contribution in [2.75, 3.05) is 43.1 Å². The first-order valence-electron chi connectivity index (χ1n) is 10.8. The minimum Gasteiger partial charge on any atom is -0.378 e. The molecular formula is C25H29N3O2S. The highest BCUT2D eigenvalue weighted by molar-refractivity contribution is 7.10. The summed E-state index contributed by atoms with van der Waals surface area (Å²) >= 11 is 1.70. The smallest absolute Gasteiger partial charge is 0.238 e. The van der Waals surface area contributed by atoms with Crippen LogP contribution in [0.5, 0.6) is 0 Å². The van der Waals surface area contributed by atoms with Crippen LogP contribution in [0.15, 0.2) is 66.0 Å². The molecule has 31 heavy (non-hydrogen) atoms. The molecule has 6 heteroatoms. The third-order valence-corrected chi connectivity index (χ3v) is 6.48. The molecule has 1 saturated heterocycles. The molecule has 5 nitrogen and oxygen atoms in total. The Labute approximate surface area is 188 Å². The number of carbonyl (C=O) groups excluding carboxylic acids is 1. The van der Waals surface area contributed by atoms with E-state index in [2.05, 4.69) is 70.3 Å². The summed E-state index contributed by atoms with van der Waals surface area (Å²) in [5.41, 5.74) is 4.45. The monoisotopic (exact) mass is 435 g/mol. The number of thiophene rings is 1. The molecular weight excluding hydrogens is 406 g/mol. The molecule has 2 heterocycles. The normalized spacial score (nSPS) is 14.9. The lowest BCUT2D eigenvalue weighted by Gasteiger charge is -2.28. The summed E-state index contributed by atoms with van der Waals surface area (Å²) in [4.78, 5) is 16.1. The Morgan fingerprint density at radius 3 is 2.45 bits per heavy atom. The van der Waals surface area contributed by atoms with Crippen LogP contribution in [0.25, 0.3) is 0 Å². The average molecular weight is 436 g/mol. The van der Waals surface area contributed by atoms with Gasteiger partial charge in [0.2, 0.25) is 5.91 Å². The van der Waals surface area contributed by atoms with E-state index in [4.69, 9.17) is 4.74 Å². The number of nitrogens with zero attached hydrogens (tertiary/aromatic N) is 1. The Hall–Kier alpha value is -2.67. The second kappa shape index (κ2) is 10.6. The molecule has 1 aromatic heterocycles. The summed E-state index contributed by atoms with van der Waals surface area (Å²) in [7, 11) is 0. The minimum atomic E-state index is -0.0501. The van der Waals surface area contributed by atoms with Crippen molar-refractivity contribution in [3.05, 3.63) is 82.0 Å². The van der Waals surface area contributed by atoms with E-state index in [1.807, 2.05) is 18.2 Å². The summed E-state index contributed by atoms with van der Waals surface area (Å²) in [5, 5.41) is 8.51. The van der Waals surface area contributed by atoms with Gasteiger partial charge in [-0.25, -0.2) is 0 Å². The summed E-state index contributed by atoms with van der Waals surface area (Å²) < 4.78 is 5.41. The van der Waals surface area contributed by atoms with Crippen LogP contribution in [0, 0.1) is 0 Å². The molecule has 0 bridgehead atoms. The van der Waals surface area contributed by atoms with Gasteiger partial charge in [0, 0.05) is 29.3 Å². The van der Waals surface area contributed by atoms with E-state index in [0.29, 0.717) is 0 Å². The zero-order valence-electron chi connectivity index (χ0n) is 17.8. The molecule has 2 aromatic carbocycles. The fourth-order valence-corrected chi connectivity index (χ4v) is 4.59. The van der Waals surface area contributed by atoms with Gasteiger partial charge in [-0.2, -0.15) is 0 Å². The number of hydrogen-bond acceptors (Lipinski definition) is 5. The van der Waals surface area contributed by atoms with Gasteiger partial charge in [-0.05, 0) is 53.3 Å². The molecule has 0 radical (unpaired) electrons. The van der Waals surface area contributed by atoms with Crippen molar-refractivity contribution >= 4 is 28.6 Å².